The highest BCUT2D eigenvalue weighted by Gasteiger charge is 2.07. The molecule has 3 nitrogen and oxygen atoms in total. The molecule has 2 rings (SSSR count). The number of carbonyl (C=O) groups excluding carboxylic acids is 1. The summed E-state index contributed by atoms with van der Waals surface area (Å²) in [5.41, 5.74) is 1.70. The Kier molecular flexibility index (Phi) is 6.10. The number of amides is 1. The lowest BCUT2D eigenvalue weighted by atomic mass is 10.2. The van der Waals surface area contributed by atoms with Crippen LogP contribution < -0.4 is 10.1 Å². The highest BCUT2D eigenvalue weighted by Crippen LogP contribution is 2.30. The van der Waals surface area contributed by atoms with Gasteiger partial charge in [0.1, 0.15) is 5.75 Å². The third-order valence-corrected chi connectivity index (χ3v) is 3.78. The molecular weight excluding hydrogens is 321 g/mol. The number of para-hydroxylation sites is 1. The lowest BCUT2D eigenvalue weighted by Gasteiger charge is -2.10. The number of anilines is 1. The number of ether oxygens (including phenoxy) is 1. The summed E-state index contributed by atoms with van der Waals surface area (Å²) in [6, 6.07) is 12.8. The topological polar surface area (TPSA) is 38.3 Å². The molecule has 0 aromatic heterocycles. The van der Waals surface area contributed by atoms with Gasteiger partial charge in [-0.25, -0.2) is 0 Å². The van der Waals surface area contributed by atoms with Gasteiger partial charge < -0.3 is 10.1 Å². The first kappa shape index (κ1) is 16.7. The Balaban J connectivity index is 1.75. The van der Waals surface area contributed by atoms with E-state index in [4.69, 9.17) is 27.9 Å². The molecule has 0 atom stereocenters. The normalized spacial score (nSPS) is 10.3. The van der Waals surface area contributed by atoms with Gasteiger partial charge in [-0.15, -0.1) is 0 Å². The molecule has 0 bridgehead atoms. The number of carbonyl (C=O) groups is 1. The fraction of sp³-hybridized carbons (Fsp3) is 0.235. The second-order valence-electron chi connectivity index (χ2n) is 4.90. The Labute approximate surface area is 140 Å². The molecule has 0 heterocycles. The van der Waals surface area contributed by atoms with Crippen LogP contribution >= 0.6 is 23.2 Å². The van der Waals surface area contributed by atoms with Gasteiger partial charge in [-0.2, -0.15) is 0 Å². The smallest absolute Gasteiger partial charge is 0.224 e. The minimum absolute atomic E-state index is 0.0341. The SMILES string of the molecule is Cc1cc(OCCCC(=O)Nc2ccccc2)c(Cl)cc1Cl. The maximum Gasteiger partial charge on any atom is 0.224 e. The highest BCUT2D eigenvalue weighted by atomic mass is 35.5. The Hall–Kier alpha value is -1.71. The number of benzene rings is 2. The van der Waals surface area contributed by atoms with Crippen molar-refractivity contribution in [1.29, 1.82) is 0 Å². The van der Waals surface area contributed by atoms with Crippen molar-refractivity contribution in [1.82, 2.24) is 0 Å². The van der Waals surface area contributed by atoms with Crippen molar-refractivity contribution in [3.05, 3.63) is 58.1 Å². The van der Waals surface area contributed by atoms with Gasteiger partial charge in [0.25, 0.3) is 0 Å². The minimum atomic E-state index is -0.0341. The first-order valence-electron chi connectivity index (χ1n) is 6.99. The average molecular weight is 338 g/mol. The van der Waals surface area contributed by atoms with Crippen LogP contribution in [0.15, 0.2) is 42.5 Å². The number of nitrogens with one attached hydrogen (secondary N) is 1. The van der Waals surface area contributed by atoms with E-state index in [1.807, 2.05) is 37.3 Å². The van der Waals surface area contributed by atoms with Crippen LogP contribution in [0.25, 0.3) is 0 Å². The zero-order valence-electron chi connectivity index (χ0n) is 12.2. The number of aryl methyl sites for hydroxylation is 1. The Morgan fingerprint density at radius 3 is 2.59 bits per heavy atom. The number of hydrogen-bond acceptors (Lipinski definition) is 2. The maximum atomic E-state index is 11.8. The monoisotopic (exact) mass is 337 g/mol. The van der Waals surface area contributed by atoms with Crippen LogP contribution in [0, 0.1) is 6.92 Å². The summed E-state index contributed by atoms with van der Waals surface area (Å²) in [6.45, 7) is 2.31. The molecule has 0 saturated carbocycles. The van der Waals surface area contributed by atoms with Crippen molar-refractivity contribution in [3.63, 3.8) is 0 Å². The molecule has 5 heteroatoms. The van der Waals surface area contributed by atoms with E-state index in [1.54, 1.807) is 12.1 Å². The Bertz CT molecular complexity index is 645. The third-order valence-electron chi connectivity index (χ3n) is 3.08. The van der Waals surface area contributed by atoms with Gasteiger partial charge in [0.15, 0.2) is 0 Å². The molecule has 1 amide bonds. The van der Waals surface area contributed by atoms with Gasteiger partial charge in [0, 0.05) is 17.1 Å². The predicted octanol–water partition coefficient (Wildman–Crippen LogP) is 5.10. The molecule has 0 spiro atoms. The zero-order valence-corrected chi connectivity index (χ0v) is 13.7. The van der Waals surface area contributed by atoms with E-state index in [0.29, 0.717) is 35.2 Å². The molecule has 2 aromatic carbocycles. The largest absolute Gasteiger partial charge is 0.492 e. The predicted molar refractivity (Wildman–Crippen MR) is 91.0 cm³/mol. The lowest BCUT2D eigenvalue weighted by Crippen LogP contribution is -2.12. The van der Waals surface area contributed by atoms with Crippen LogP contribution in [-0.2, 0) is 4.79 Å². The second kappa shape index (κ2) is 8.06. The van der Waals surface area contributed by atoms with Crippen LogP contribution in [-0.4, -0.2) is 12.5 Å². The van der Waals surface area contributed by atoms with E-state index in [1.165, 1.54) is 0 Å². The van der Waals surface area contributed by atoms with Crippen molar-refractivity contribution in [3.8, 4) is 5.75 Å². The van der Waals surface area contributed by atoms with E-state index in [-0.39, 0.29) is 5.91 Å². The summed E-state index contributed by atoms with van der Waals surface area (Å²) in [5.74, 6) is 0.556. The van der Waals surface area contributed by atoms with Crippen LogP contribution in [0.5, 0.6) is 5.75 Å². The quantitative estimate of drug-likeness (QED) is 0.744. The maximum absolute atomic E-state index is 11.8. The first-order chi connectivity index (χ1) is 10.6. The van der Waals surface area contributed by atoms with E-state index in [9.17, 15) is 4.79 Å². The van der Waals surface area contributed by atoms with E-state index in [2.05, 4.69) is 5.32 Å². The molecule has 1 N–H and O–H groups in total. The zero-order chi connectivity index (χ0) is 15.9. The molecule has 0 fully saturated rings. The molecule has 0 aliphatic heterocycles. The molecular formula is C17H17Cl2NO2. The van der Waals surface area contributed by atoms with Gasteiger partial charge in [0.2, 0.25) is 5.91 Å². The van der Waals surface area contributed by atoms with Crippen molar-refractivity contribution in [2.75, 3.05) is 11.9 Å². The van der Waals surface area contributed by atoms with Crippen LogP contribution in [0.3, 0.4) is 0 Å². The van der Waals surface area contributed by atoms with E-state index in [0.717, 1.165) is 11.3 Å². The number of halogens is 2. The average Bonchev–Trinajstić information content (AvgIpc) is 2.49. The highest BCUT2D eigenvalue weighted by molar-refractivity contribution is 6.36. The molecule has 0 unspecified atom stereocenters. The summed E-state index contributed by atoms with van der Waals surface area (Å²) in [5, 5.41) is 3.92. The fourth-order valence-electron chi connectivity index (χ4n) is 1.90. The van der Waals surface area contributed by atoms with Crippen molar-refractivity contribution in [2.45, 2.75) is 19.8 Å². The number of hydrogen-bond donors (Lipinski definition) is 1. The van der Waals surface area contributed by atoms with Gasteiger partial charge in [-0.3, -0.25) is 4.79 Å². The summed E-state index contributed by atoms with van der Waals surface area (Å²) in [6.07, 6.45) is 0.996. The van der Waals surface area contributed by atoms with Crippen LogP contribution in [0.1, 0.15) is 18.4 Å². The standard InChI is InChI=1S/C17H17Cl2NO2/c1-12-10-16(15(19)11-14(12)18)22-9-5-8-17(21)20-13-6-3-2-4-7-13/h2-4,6-7,10-11H,5,8-9H2,1H3,(H,20,21). The first-order valence-corrected chi connectivity index (χ1v) is 7.75. The van der Waals surface area contributed by atoms with Crippen molar-refractivity contribution in [2.24, 2.45) is 0 Å². The minimum Gasteiger partial charge on any atom is -0.492 e. The number of rotatable bonds is 6. The summed E-state index contributed by atoms with van der Waals surface area (Å²) in [4.78, 5) is 11.8. The molecule has 22 heavy (non-hydrogen) atoms. The summed E-state index contributed by atoms with van der Waals surface area (Å²) in [7, 11) is 0. The van der Waals surface area contributed by atoms with Crippen LogP contribution in [0.4, 0.5) is 5.69 Å². The molecule has 0 aliphatic carbocycles. The van der Waals surface area contributed by atoms with Crippen molar-refractivity contribution < 1.29 is 9.53 Å². The summed E-state index contributed by atoms with van der Waals surface area (Å²) < 4.78 is 5.60. The summed E-state index contributed by atoms with van der Waals surface area (Å²) >= 11 is 12.0. The molecule has 2 aromatic rings. The van der Waals surface area contributed by atoms with Gasteiger partial charge in [0.05, 0.1) is 11.6 Å². The Morgan fingerprint density at radius 1 is 1.14 bits per heavy atom. The molecule has 116 valence electrons. The molecule has 0 aliphatic rings. The Morgan fingerprint density at radius 2 is 1.86 bits per heavy atom. The third kappa shape index (κ3) is 4.93. The lowest BCUT2D eigenvalue weighted by molar-refractivity contribution is -0.116. The molecule has 0 radical (unpaired) electrons. The van der Waals surface area contributed by atoms with Gasteiger partial charge in [-0.05, 0) is 43.2 Å². The van der Waals surface area contributed by atoms with Gasteiger partial charge >= 0.3 is 0 Å². The molecule has 0 saturated heterocycles. The van der Waals surface area contributed by atoms with Gasteiger partial charge in [-0.1, -0.05) is 41.4 Å². The fourth-order valence-corrected chi connectivity index (χ4v) is 2.34. The van der Waals surface area contributed by atoms with Crippen LogP contribution in [0.2, 0.25) is 10.0 Å². The van der Waals surface area contributed by atoms with E-state index < -0.39 is 0 Å². The second-order valence-corrected chi connectivity index (χ2v) is 5.71. The van der Waals surface area contributed by atoms with E-state index >= 15 is 0 Å². The van der Waals surface area contributed by atoms with Crippen molar-refractivity contribution >= 4 is 34.8 Å².